The summed E-state index contributed by atoms with van der Waals surface area (Å²) < 4.78 is 0. The highest BCUT2D eigenvalue weighted by Crippen LogP contribution is 2.24. The van der Waals surface area contributed by atoms with E-state index < -0.39 is 0 Å². The predicted molar refractivity (Wildman–Crippen MR) is 54.4 cm³/mol. The van der Waals surface area contributed by atoms with Crippen LogP contribution in [-0.4, -0.2) is 23.9 Å². The monoisotopic (exact) mass is 183 g/mol. The Kier molecular flexibility index (Phi) is 3.76. The van der Waals surface area contributed by atoms with Gasteiger partial charge in [0.2, 0.25) is 5.91 Å². The van der Waals surface area contributed by atoms with E-state index in [1.165, 1.54) is 12.8 Å². The van der Waals surface area contributed by atoms with Crippen LogP contribution in [0, 0.1) is 11.8 Å². The fourth-order valence-electron chi connectivity index (χ4n) is 2.04. The van der Waals surface area contributed by atoms with E-state index in [0.717, 1.165) is 24.9 Å². The van der Waals surface area contributed by atoms with Crippen LogP contribution in [0.1, 0.15) is 40.0 Å². The predicted octanol–water partition coefficient (Wildman–Crippen LogP) is 2.29. The maximum absolute atomic E-state index is 11.4. The summed E-state index contributed by atoms with van der Waals surface area (Å²) in [5.74, 6) is 1.93. The van der Waals surface area contributed by atoms with E-state index in [-0.39, 0.29) is 0 Å². The lowest BCUT2D eigenvalue weighted by Crippen LogP contribution is -2.39. The van der Waals surface area contributed by atoms with Gasteiger partial charge in [0, 0.05) is 19.5 Å². The van der Waals surface area contributed by atoms with Gasteiger partial charge in [0.15, 0.2) is 0 Å². The van der Waals surface area contributed by atoms with Gasteiger partial charge in [-0.05, 0) is 24.7 Å². The van der Waals surface area contributed by atoms with E-state index in [1.807, 2.05) is 11.8 Å². The zero-order valence-corrected chi connectivity index (χ0v) is 9.05. The molecule has 1 aliphatic heterocycles. The van der Waals surface area contributed by atoms with Gasteiger partial charge in [-0.3, -0.25) is 4.79 Å². The van der Waals surface area contributed by atoms with Crippen LogP contribution >= 0.6 is 0 Å². The minimum atomic E-state index is 0.321. The van der Waals surface area contributed by atoms with Crippen LogP contribution in [0.25, 0.3) is 0 Å². The Morgan fingerprint density at radius 1 is 1.38 bits per heavy atom. The third-order valence-corrected chi connectivity index (χ3v) is 3.14. The standard InChI is InChI=1S/C11H21NO/c1-4-11(13)12-7-5-10(6-8-12)9(2)3/h9-10H,4-8H2,1-3H3. The molecule has 0 N–H and O–H groups in total. The number of likely N-dealkylation sites (tertiary alicyclic amines) is 1. The third kappa shape index (κ3) is 2.71. The molecular weight excluding hydrogens is 162 g/mol. The van der Waals surface area contributed by atoms with Crippen molar-refractivity contribution < 1.29 is 4.79 Å². The molecule has 2 nitrogen and oxygen atoms in total. The highest BCUT2D eigenvalue weighted by atomic mass is 16.2. The first-order valence-electron chi connectivity index (χ1n) is 5.43. The van der Waals surface area contributed by atoms with Gasteiger partial charge in [-0.15, -0.1) is 0 Å². The van der Waals surface area contributed by atoms with Crippen molar-refractivity contribution in [3.05, 3.63) is 0 Å². The van der Waals surface area contributed by atoms with Gasteiger partial charge in [0.05, 0.1) is 0 Å². The molecule has 0 saturated carbocycles. The summed E-state index contributed by atoms with van der Waals surface area (Å²) in [4.78, 5) is 13.4. The van der Waals surface area contributed by atoms with Crippen molar-refractivity contribution in [3.63, 3.8) is 0 Å². The highest BCUT2D eigenvalue weighted by Gasteiger charge is 2.23. The number of carbonyl (C=O) groups is 1. The van der Waals surface area contributed by atoms with Gasteiger partial charge in [-0.2, -0.15) is 0 Å². The number of amides is 1. The molecule has 0 bridgehead atoms. The molecule has 76 valence electrons. The van der Waals surface area contributed by atoms with Crippen molar-refractivity contribution in [3.8, 4) is 0 Å². The van der Waals surface area contributed by atoms with E-state index in [2.05, 4.69) is 13.8 Å². The lowest BCUT2D eigenvalue weighted by molar-refractivity contribution is -0.132. The summed E-state index contributed by atoms with van der Waals surface area (Å²) in [5, 5.41) is 0. The van der Waals surface area contributed by atoms with Gasteiger partial charge < -0.3 is 4.90 Å². The van der Waals surface area contributed by atoms with E-state index in [9.17, 15) is 4.79 Å². The normalized spacial score (nSPS) is 19.5. The van der Waals surface area contributed by atoms with E-state index in [0.29, 0.717) is 12.3 Å². The Morgan fingerprint density at radius 3 is 2.31 bits per heavy atom. The van der Waals surface area contributed by atoms with Gasteiger partial charge in [-0.25, -0.2) is 0 Å². The molecule has 0 spiro atoms. The Labute approximate surface area is 81.3 Å². The second kappa shape index (κ2) is 4.64. The van der Waals surface area contributed by atoms with Crippen LogP contribution < -0.4 is 0 Å². The van der Waals surface area contributed by atoms with Crippen LogP contribution in [-0.2, 0) is 4.79 Å². The Bertz CT molecular complexity index is 169. The second-order valence-corrected chi connectivity index (χ2v) is 4.32. The molecule has 1 fully saturated rings. The van der Waals surface area contributed by atoms with Crippen LogP contribution in [0.15, 0.2) is 0 Å². The maximum atomic E-state index is 11.4. The summed E-state index contributed by atoms with van der Waals surface area (Å²) in [5.41, 5.74) is 0. The first-order valence-corrected chi connectivity index (χ1v) is 5.43. The molecule has 0 aromatic heterocycles. The van der Waals surface area contributed by atoms with Gasteiger partial charge >= 0.3 is 0 Å². The average Bonchev–Trinajstić information content (AvgIpc) is 2.17. The van der Waals surface area contributed by atoms with Gasteiger partial charge in [0.25, 0.3) is 0 Å². The molecular formula is C11H21NO. The zero-order chi connectivity index (χ0) is 9.84. The minimum Gasteiger partial charge on any atom is -0.343 e. The first-order chi connectivity index (χ1) is 6.15. The highest BCUT2D eigenvalue weighted by molar-refractivity contribution is 5.75. The van der Waals surface area contributed by atoms with Crippen LogP contribution in [0.5, 0.6) is 0 Å². The average molecular weight is 183 g/mol. The summed E-state index contributed by atoms with van der Waals surface area (Å²) in [6, 6.07) is 0. The molecule has 13 heavy (non-hydrogen) atoms. The van der Waals surface area contributed by atoms with Crippen molar-refractivity contribution >= 4 is 5.91 Å². The Morgan fingerprint density at radius 2 is 1.92 bits per heavy atom. The van der Waals surface area contributed by atoms with Crippen LogP contribution in [0.3, 0.4) is 0 Å². The number of rotatable bonds is 2. The van der Waals surface area contributed by atoms with E-state index >= 15 is 0 Å². The zero-order valence-electron chi connectivity index (χ0n) is 9.05. The number of carbonyl (C=O) groups excluding carboxylic acids is 1. The lowest BCUT2D eigenvalue weighted by Gasteiger charge is -2.33. The molecule has 2 heteroatoms. The van der Waals surface area contributed by atoms with Crippen molar-refractivity contribution in [1.82, 2.24) is 4.90 Å². The molecule has 0 atom stereocenters. The van der Waals surface area contributed by atoms with Crippen molar-refractivity contribution in [2.75, 3.05) is 13.1 Å². The fraction of sp³-hybridized carbons (Fsp3) is 0.909. The molecule has 1 amide bonds. The second-order valence-electron chi connectivity index (χ2n) is 4.32. The minimum absolute atomic E-state index is 0.321. The largest absolute Gasteiger partial charge is 0.343 e. The third-order valence-electron chi connectivity index (χ3n) is 3.14. The molecule has 1 heterocycles. The topological polar surface area (TPSA) is 20.3 Å². The van der Waals surface area contributed by atoms with E-state index in [4.69, 9.17) is 0 Å². The smallest absolute Gasteiger partial charge is 0.222 e. The molecule has 0 aromatic rings. The summed E-state index contributed by atoms with van der Waals surface area (Å²) in [6.45, 7) is 8.46. The van der Waals surface area contributed by atoms with E-state index in [1.54, 1.807) is 0 Å². The van der Waals surface area contributed by atoms with Gasteiger partial charge in [0.1, 0.15) is 0 Å². The molecule has 0 aromatic carbocycles. The summed E-state index contributed by atoms with van der Waals surface area (Å²) >= 11 is 0. The molecule has 1 saturated heterocycles. The quantitative estimate of drug-likeness (QED) is 0.643. The lowest BCUT2D eigenvalue weighted by atomic mass is 9.87. The Hall–Kier alpha value is -0.530. The molecule has 1 rings (SSSR count). The van der Waals surface area contributed by atoms with Crippen molar-refractivity contribution in [2.45, 2.75) is 40.0 Å². The number of piperidine rings is 1. The van der Waals surface area contributed by atoms with Crippen LogP contribution in [0.2, 0.25) is 0 Å². The van der Waals surface area contributed by atoms with Crippen molar-refractivity contribution in [1.29, 1.82) is 0 Å². The number of hydrogen-bond donors (Lipinski definition) is 0. The SMILES string of the molecule is CCC(=O)N1CCC(C(C)C)CC1. The van der Waals surface area contributed by atoms with Gasteiger partial charge in [-0.1, -0.05) is 20.8 Å². The first kappa shape index (κ1) is 10.6. The molecule has 0 unspecified atom stereocenters. The number of nitrogens with zero attached hydrogens (tertiary/aromatic N) is 1. The summed E-state index contributed by atoms with van der Waals surface area (Å²) in [6.07, 6.45) is 3.05. The molecule has 1 aliphatic rings. The number of hydrogen-bond acceptors (Lipinski definition) is 1. The van der Waals surface area contributed by atoms with Crippen molar-refractivity contribution in [2.24, 2.45) is 11.8 Å². The molecule has 0 aliphatic carbocycles. The van der Waals surface area contributed by atoms with Crippen LogP contribution in [0.4, 0.5) is 0 Å². The maximum Gasteiger partial charge on any atom is 0.222 e. The Balaban J connectivity index is 2.34. The fourth-order valence-corrected chi connectivity index (χ4v) is 2.04. The molecule has 0 radical (unpaired) electrons. The summed E-state index contributed by atoms with van der Waals surface area (Å²) in [7, 11) is 0.